The van der Waals surface area contributed by atoms with E-state index in [4.69, 9.17) is 0 Å². The van der Waals surface area contributed by atoms with Gasteiger partial charge >= 0.3 is 0 Å². The van der Waals surface area contributed by atoms with E-state index in [0.29, 0.717) is 0 Å². The van der Waals surface area contributed by atoms with Gasteiger partial charge in [0, 0.05) is 6.54 Å². The van der Waals surface area contributed by atoms with Gasteiger partial charge in [-0.3, -0.25) is 0 Å². The van der Waals surface area contributed by atoms with Crippen molar-refractivity contribution >= 4 is 0 Å². The summed E-state index contributed by atoms with van der Waals surface area (Å²) in [5.74, 6) is 0. The van der Waals surface area contributed by atoms with Crippen LogP contribution in [0.3, 0.4) is 0 Å². The zero-order valence-corrected chi connectivity index (χ0v) is 6.98. The van der Waals surface area contributed by atoms with Gasteiger partial charge in [-0.1, -0.05) is 30.3 Å². The van der Waals surface area contributed by atoms with Gasteiger partial charge in [0.2, 0.25) is 0 Å². The normalized spacial score (nSPS) is 24.6. The maximum atomic E-state index is 9.48. The second-order valence-corrected chi connectivity index (χ2v) is 3.23. The van der Waals surface area contributed by atoms with Crippen LogP contribution >= 0.6 is 0 Å². The highest BCUT2D eigenvalue weighted by atomic mass is 16.5. The molecular weight excluding hydrogens is 150 g/mol. The van der Waals surface area contributed by atoms with Crippen LogP contribution < -0.4 is 0 Å². The molecule has 0 aromatic heterocycles. The summed E-state index contributed by atoms with van der Waals surface area (Å²) in [5, 5.41) is 10.9. The number of rotatable bonds is 1. The highest BCUT2D eigenvalue weighted by Crippen LogP contribution is 2.29. The van der Waals surface area contributed by atoms with Crippen molar-refractivity contribution in [2.45, 2.75) is 18.9 Å². The molecule has 1 N–H and O–H groups in total. The lowest BCUT2D eigenvalue weighted by Crippen LogP contribution is -2.18. The standard InChI is InChI=1S/C10H13NO/c12-11-8-4-7-10(11)9-5-2-1-3-6-9/h1-3,5-6,10,12H,4,7-8H2/t10-/m1/s1. The van der Waals surface area contributed by atoms with E-state index in [1.54, 1.807) is 0 Å². The van der Waals surface area contributed by atoms with Crippen LogP contribution in [0.5, 0.6) is 0 Å². The summed E-state index contributed by atoms with van der Waals surface area (Å²) in [6, 6.07) is 10.4. The van der Waals surface area contributed by atoms with E-state index in [9.17, 15) is 5.21 Å². The van der Waals surface area contributed by atoms with Gasteiger partial charge in [-0.25, -0.2) is 0 Å². The predicted octanol–water partition coefficient (Wildman–Crippen LogP) is 2.21. The molecule has 1 fully saturated rings. The van der Waals surface area contributed by atoms with Crippen LogP contribution in [0.2, 0.25) is 0 Å². The van der Waals surface area contributed by atoms with Crippen molar-refractivity contribution in [2.24, 2.45) is 0 Å². The first-order valence-electron chi connectivity index (χ1n) is 4.38. The Morgan fingerprint density at radius 2 is 2.00 bits per heavy atom. The molecule has 0 radical (unpaired) electrons. The zero-order valence-electron chi connectivity index (χ0n) is 6.98. The van der Waals surface area contributed by atoms with Crippen molar-refractivity contribution in [3.8, 4) is 0 Å². The summed E-state index contributed by atoms with van der Waals surface area (Å²) >= 11 is 0. The molecule has 0 saturated carbocycles. The highest BCUT2D eigenvalue weighted by molar-refractivity contribution is 5.19. The average Bonchev–Trinajstić information content (AvgIpc) is 2.53. The quantitative estimate of drug-likeness (QED) is 0.686. The second kappa shape index (κ2) is 3.25. The first-order chi connectivity index (χ1) is 5.88. The fourth-order valence-electron chi connectivity index (χ4n) is 1.77. The van der Waals surface area contributed by atoms with Crippen molar-refractivity contribution < 1.29 is 5.21 Å². The van der Waals surface area contributed by atoms with Gasteiger partial charge in [0.25, 0.3) is 0 Å². The molecule has 0 bridgehead atoms. The van der Waals surface area contributed by atoms with E-state index in [2.05, 4.69) is 12.1 Å². The second-order valence-electron chi connectivity index (χ2n) is 3.23. The van der Waals surface area contributed by atoms with Crippen LogP contribution in [-0.2, 0) is 0 Å². The first-order valence-corrected chi connectivity index (χ1v) is 4.38. The maximum Gasteiger partial charge on any atom is 0.0599 e. The Hall–Kier alpha value is -0.860. The Morgan fingerprint density at radius 3 is 2.58 bits per heavy atom. The van der Waals surface area contributed by atoms with E-state index in [0.717, 1.165) is 19.4 Å². The van der Waals surface area contributed by atoms with Crippen LogP contribution in [0.4, 0.5) is 0 Å². The largest absolute Gasteiger partial charge is 0.313 e. The Balaban J connectivity index is 2.19. The summed E-state index contributed by atoms with van der Waals surface area (Å²) in [6.07, 6.45) is 2.16. The SMILES string of the molecule is ON1CCC[C@@H]1c1ccccc1. The van der Waals surface area contributed by atoms with Crippen LogP contribution in [0, 0.1) is 0 Å². The molecule has 1 saturated heterocycles. The molecular formula is C10H13NO. The average molecular weight is 163 g/mol. The molecule has 1 atom stereocenters. The molecule has 0 unspecified atom stereocenters. The van der Waals surface area contributed by atoms with E-state index in [1.807, 2.05) is 18.2 Å². The third kappa shape index (κ3) is 1.36. The molecule has 0 amide bonds. The van der Waals surface area contributed by atoms with Gasteiger partial charge in [-0.05, 0) is 18.4 Å². The molecule has 1 aromatic rings. The minimum absolute atomic E-state index is 0.228. The summed E-state index contributed by atoms with van der Waals surface area (Å²) in [5.41, 5.74) is 1.22. The lowest BCUT2D eigenvalue weighted by atomic mass is 10.1. The molecule has 12 heavy (non-hydrogen) atoms. The van der Waals surface area contributed by atoms with E-state index in [-0.39, 0.29) is 6.04 Å². The summed E-state index contributed by atoms with van der Waals surface area (Å²) in [6.45, 7) is 0.805. The number of hydrogen-bond donors (Lipinski definition) is 1. The summed E-state index contributed by atoms with van der Waals surface area (Å²) < 4.78 is 0. The molecule has 64 valence electrons. The van der Waals surface area contributed by atoms with E-state index >= 15 is 0 Å². The molecule has 1 aliphatic rings. The van der Waals surface area contributed by atoms with Crippen molar-refractivity contribution in [3.63, 3.8) is 0 Å². The lowest BCUT2D eigenvalue weighted by Gasteiger charge is -2.17. The van der Waals surface area contributed by atoms with Crippen molar-refractivity contribution in [2.75, 3.05) is 6.54 Å². The van der Waals surface area contributed by atoms with Gasteiger partial charge in [0.1, 0.15) is 0 Å². The molecule has 0 aliphatic carbocycles. The topological polar surface area (TPSA) is 23.5 Å². The lowest BCUT2D eigenvalue weighted by molar-refractivity contribution is -0.104. The fraction of sp³-hybridized carbons (Fsp3) is 0.400. The molecule has 1 aliphatic heterocycles. The molecule has 2 heteroatoms. The van der Waals surface area contributed by atoms with Gasteiger partial charge in [-0.2, -0.15) is 5.06 Å². The molecule has 2 rings (SSSR count). The predicted molar refractivity (Wildman–Crippen MR) is 46.9 cm³/mol. The fourth-order valence-corrected chi connectivity index (χ4v) is 1.77. The Labute approximate surface area is 72.4 Å². The Bertz CT molecular complexity index is 247. The Morgan fingerprint density at radius 1 is 1.25 bits per heavy atom. The summed E-state index contributed by atoms with van der Waals surface area (Å²) in [4.78, 5) is 0. The van der Waals surface area contributed by atoms with Crippen molar-refractivity contribution in [1.29, 1.82) is 0 Å². The first kappa shape index (κ1) is 7.77. The number of hydroxylamine groups is 2. The summed E-state index contributed by atoms with van der Waals surface area (Å²) in [7, 11) is 0. The van der Waals surface area contributed by atoms with Crippen molar-refractivity contribution in [1.82, 2.24) is 5.06 Å². The van der Waals surface area contributed by atoms with Crippen LogP contribution in [-0.4, -0.2) is 16.8 Å². The van der Waals surface area contributed by atoms with Gasteiger partial charge in [0.05, 0.1) is 6.04 Å². The molecule has 0 spiro atoms. The van der Waals surface area contributed by atoms with Gasteiger partial charge in [-0.15, -0.1) is 0 Å². The zero-order chi connectivity index (χ0) is 8.39. The van der Waals surface area contributed by atoms with E-state index in [1.165, 1.54) is 10.6 Å². The van der Waals surface area contributed by atoms with Crippen LogP contribution in [0.25, 0.3) is 0 Å². The molecule has 2 nitrogen and oxygen atoms in total. The van der Waals surface area contributed by atoms with Gasteiger partial charge in [0.15, 0.2) is 0 Å². The minimum atomic E-state index is 0.228. The molecule has 1 heterocycles. The monoisotopic (exact) mass is 163 g/mol. The number of nitrogens with zero attached hydrogens (tertiary/aromatic N) is 1. The Kier molecular flexibility index (Phi) is 2.11. The van der Waals surface area contributed by atoms with Crippen LogP contribution in [0.15, 0.2) is 30.3 Å². The smallest absolute Gasteiger partial charge is 0.0599 e. The third-order valence-corrected chi connectivity index (χ3v) is 2.41. The van der Waals surface area contributed by atoms with E-state index < -0.39 is 0 Å². The van der Waals surface area contributed by atoms with Crippen molar-refractivity contribution in [3.05, 3.63) is 35.9 Å². The maximum absolute atomic E-state index is 9.48. The van der Waals surface area contributed by atoms with Gasteiger partial charge < -0.3 is 5.21 Å². The molecule has 1 aromatic carbocycles. The highest BCUT2D eigenvalue weighted by Gasteiger charge is 2.23. The van der Waals surface area contributed by atoms with Crippen LogP contribution in [0.1, 0.15) is 24.4 Å². The number of hydrogen-bond acceptors (Lipinski definition) is 2. The third-order valence-electron chi connectivity index (χ3n) is 2.41. The number of benzene rings is 1. The minimum Gasteiger partial charge on any atom is -0.313 e.